The lowest BCUT2D eigenvalue weighted by molar-refractivity contribution is 0.551. The van der Waals surface area contributed by atoms with E-state index in [4.69, 9.17) is 4.42 Å². The molecule has 1 aliphatic carbocycles. The molecule has 1 atom stereocenters. The molecule has 0 N–H and O–H groups in total. The highest BCUT2D eigenvalue weighted by atomic mass is 28.3. The maximum Gasteiger partial charge on any atom is 0.130 e. The van der Waals surface area contributed by atoms with Crippen LogP contribution in [0.4, 0.5) is 0 Å². The standard InChI is InChI=1S/C12H16OSi/c1-14(2,3)12-8-4-6-10(12)11-7-5-9-13-11/h4-9,12H,1-3H3. The Balaban J connectivity index is 2.31. The van der Waals surface area contributed by atoms with E-state index in [0.29, 0.717) is 5.54 Å². The third-order valence-corrected chi connectivity index (χ3v) is 5.02. The lowest BCUT2D eigenvalue weighted by atomic mass is 10.2. The van der Waals surface area contributed by atoms with E-state index < -0.39 is 8.07 Å². The van der Waals surface area contributed by atoms with Crippen molar-refractivity contribution in [2.45, 2.75) is 25.2 Å². The van der Waals surface area contributed by atoms with E-state index in [-0.39, 0.29) is 0 Å². The van der Waals surface area contributed by atoms with Gasteiger partial charge in [-0.1, -0.05) is 37.9 Å². The topological polar surface area (TPSA) is 13.1 Å². The molecule has 74 valence electrons. The second kappa shape index (κ2) is 3.28. The molecule has 0 amide bonds. The van der Waals surface area contributed by atoms with Gasteiger partial charge in [0.25, 0.3) is 0 Å². The van der Waals surface area contributed by atoms with Crippen molar-refractivity contribution in [3.63, 3.8) is 0 Å². The monoisotopic (exact) mass is 204 g/mol. The summed E-state index contributed by atoms with van der Waals surface area (Å²) in [7, 11) is -1.16. The van der Waals surface area contributed by atoms with E-state index >= 15 is 0 Å². The average molecular weight is 204 g/mol. The number of allylic oxidation sites excluding steroid dienone is 4. The zero-order chi connectivity index (χ0) is 10.2. The molecular formula is C12H16OSi. The first-order valence-corrected chi connectivity index (χ1v) is 8.59. The molecule has 1 aliphatic rings. The summed E-state index contributed by atoms with van der Waals surface area (Å²) in [6.45, 7) is 7.18. The molecule has 0 saturated carbocycles. The van der Waals surface area contributed by atoms with E-state index in [9.17, 15) is 0 Å². The molecule has 2 rings (SSSR count). The maximum absolute atomic E-state index is 5.46. The molecule has 0 aliphatic heterocycles. The Morgan fingerprint density at radius 2 is 2.07 bits per heavy atom. The Hall–Kier alpha value is -1.02. The van der Waals surface area contributed by atoms with Gasteiger partial charge in [-0.25, -0.2) is 0 Å². The van der Waals surface area contributed by atoms with E-state index in [1.807, 2.05) is 12.1 Å². The van der Waals surface area contributed by atoms with Crippen LogP contribution in [0.15, 0.2) is 41.0 Å². The van der Waals surface area contributed by atoms with E-state index in [0.717, 1.165) is 5.76 Å². The van der Waals surface area contributed by atoms with Crippen LogP contribution in [0.2, 0.25) is 25.2 Å². The minimum Gasteiger partial charge on any atom is -0.465 e. The van der Waals surface area contributed by atoms with Crippen molar-refractivity contribution in [1.82, 2.24) is 0 Å². The fraction of sp³-hybridized carbons (Fsp3) is 0.333. The molecule has 0 bridgehead atoms. The van der Waals surface area contributed by atoms with Gasteiger partial charge in [-0.3, -0.25) is 0 Å². The van der Waals surface area contributed by atoms with Gasteiger partial charge in [0.2, 0.25) is 0 Å². The fourth-order valence-electron chi connectivity index (χ4n) is 1.91. The highest BCUT2D eigenvalue weighted by molar-refractivity contribution is 6.79. The molecule has 2 heteroatoms. The summed E-state index contributed by atoms with van der Waals surface area (Å²) in [5.41, 5.74) is 1.96. The Morgan fingerprint density at radius 3 is 2.64 bits per heavy atom. The first-order valence-electron chi connectivity index (χ1n) is 5.01. The van der Waals surface area contributed by atoms with Crippen LogP contribution in [-0.4, -0.2) is 8.07 Å². The zero-order valence-corrected chi connectivity index (χ0v) is 9.95. The van der Waals surface area contributed by atoms with E-state index in [1.165, 1.54) is 5.57 Å². The first kappa shape index (κ1) is 9.53. The second-order valence-corrected chi connectivity index (χ2v) is 10.2. The third kappa shape index (κ3) is 1.62. The predicted molar refractivity (Wildman–Crippen MR) is 62.9 cm³/mol. The Morgan fingerprint density at radius 1 is 1.29 bits per heavy atom. The van der Waals surface area contributed by atoms with Gasteiger partial charge in [0.1, 0.15) is 5.76 Å². The summed E-state index contributed by atoms with van der Waals surface area (Å²) in [5.74, 6) is 1.03. The Bertz CT molecular complexity index is 366. The normalized spacial score (nSPS) is 21.4. The quantitative estimate of drug-likeness (QED) is 0.665. The number of furan rings is 1. The van der Waals surface area contributed by atoms with Gasteiger partial charge >= 0.3 is 0 Å². The molecule has 0 radical (unpaired) electrons. The third-order valence-electron chi connectivity index (χ3n) is 2.65. The molecule has 0 saturated heterocycles. The number of hydrogen-bond donors (Lipinski definition) is 0. The molecule has 14 heavy (non-hydrogen) atoms. The van der Waals surface area contributed by atoms with Gasteiger partial charge in [0.05, 0.1) is 14.3 Å². The lowest BCUT2D eigenvalue weighted by Gasteiger charge is -2.25. The van der Waals surface area contributed by atoms with Crippen LogP contribution >= 0.6 is 0 Å². The van der Waals surface area contributed by atoms with Crippen LogP contribution in [-0.2, 0) is 0 Å². The molecule has 0 fully saturated rings. The summed E-state index contributed by atoms with van der Waals surface area (Å²) in [5, 5.41) is 0. The maximum atomic E-state index is 5.46. The molecule has 1 nitrogen and oxygen atoms in total. The van der Waals surface area contributed by atoms with Crippen molar-refractivity contribution >= 4 is 13.6 Å². The molecule has 1 heterocycles. The average Bonchev–Trinajstić information content (AvgIpc) is 2.73. The van der Waals surface area contributed by atoms with E-state index in [2.05, 4.69) is 37.9 Å². The van der Waals surface area contributed by atoms with Gasteiger partial charge in [-0.15, -0.1) is 0 Å². The molecular weight excluding hydrogens is 188 g/mol. The summed E-state index contributed by atoms with van der Waals surface area (Å²) >= 11 is 0. The van der Waals surface area contributed by atoms with Gasteiger partial charge in [0, 0.05) is 5.54 Å². The summed E-state index contributed by atoms with van der Waals surface area (Å²) < 4.78 is 5.46. The number of rotatable bonds is 2. The van der Waals surface area contributed by atoms with Gasteiger partial charge < -0.3 is 4.42 Å². The van der Waals surface area contributed by atoms with Gasteiger partial charge in [-0.05, 0) is 17.7 Å². The van der Waals surface area contributed by atoms with Crippen molar-refractivity contribution in [1.29, 1.82) is 0 Å². The molecule has 1 aromatic heterocycles. The summed E-state index contributed by atoms with van der Waals surface area (Å²) in [6, 6.07) is 4.00. The van der Waals surface area contributed by atoms with Crippen LogP contribution in [0.5, 0.6) is 0 Å². The predicted octanol–water partition coefficient (Wildman–Crippen LogP) is 3.94. The molecule has 1 aromatic rings. The summed E-state index contributed by atoms with van der Waals surface area (Å²) in [6.07, 6.45) is 8.39. The van der Waals surface area contributed by atoms with Crippen LogP contribution in [0.3, 0.4) is 0 Å². The first-order chi connectivity index (χ1) is 6.59. The van der Waals surface area contributed by atoms with Crippen LogP contribution < -0.4 is 0 Å². The molecule has 0 aromatic carbocycles. The fourth-order valence-corrected chi connectivity index (χ4v) is 3.77. The number of hydrogen-bond acceptors (Lipinski definition) is 1. The zero-order valence-electron chi connectivity index (χ0n) is 8.95. The van der Waals surface area contributed by atoms with Crippen LogP contribution in [0.1, 0.15) is 5.76 Å². The SMILES string of the molecule is C[Si](C)(C)C1C=CC=C1c1ccco1. The van der Waals surface area contributed by atoms with Crippen LogP contribution in [0.25, 0.3) is 5.57 Å². The highest BCUT2D eigenvalue weighted by Crippen LogP contribution is 2.40. The minimum absolute atomic E-state index is 0.605. The Labute approximate surface area is 86.1 Å². The van der Waals surface area contributed by atoms with Crippen molar-refractivity contribution < 1.29 is 4.42 Å². The van der Waals surface area contributed by atoms with E-state index in [1.54, 1.807) is 6.26 Å². The lowest BCUT2D eigenvalue weighted by Crippen LogP contribution is -2.26. The summed E-state index contributed by atoms with van der Waals surface area (Å²) in [4.78, 5) is 0. The second-order valence-electron chi connectivity index (χ2n) is 4.83. The van der Waals surface area contributed by atoms with Crippen LogP contribution in [0, 0.1) is 0 Å². The van der Waals surface area contributed by atoms with Gasteiger partial charge in [0.15, 0.2) is 0 Å². The van der Waals surface area contributed by atoms with Crippen molar-refractivity contribution in [3.8, 4) is 0 Å². The van der Waals surface area contributed by atoms with Crippen molar-refractivity contribution in [2.24, 2.45) is 0 Å². The van der Waals surface area contributed by atoms with Crippen molar-refractivity contribution in [3.05, 3.63) is 42.4 Å². The largest absolute Gasteiger partial charge is 0.465 e. The smallest absolute Gasteiger partial charge is 0.130 e. The van der Waals surface area contributed by atoms with Gasteiger partial charge in [-0.2, -0.15) is 0 Å². The highest BCUT2D eigenvalue weighted by Gasteiger charge is 2.31. The minimum atomic E-state index is -1.16. The Kier molecular flexibility index (Phi) is 2.23. The molecule has 1 unspecified atom stereocenters. The van der Waals surface area contributed by atoms with Crippen molar-refractivity contribution in [2.75, 3.05) is 0 Å². The molecule has 0 spiro atoms.